The van der Waals surface area contributed by atoms with Crippen LogP contribution in [0.1, 0.15) is 10.5 Å². The monoisotopic (exact) mass is 408 g/mol. The van der Waals surface area contributed by atoms with E-state index in [1.165, 1.54) is 17.4 Å². The van der Waals surface area contributed by atoms with Crippen molar-refractivity contribution >= 4 is 22.9 Å². The summed E-state index contributed by atoms with van der Waals surface area (Å²) < 4.78 is 21.4. The molecule has 146 valence electrons. The number of carbonyl (C=O) groups excluding carboxylic acids is 1. The van der Waals surface area contributed by atoms with Gasteiger partial charge in [-0.1, -0.05) is 18.2 Å². The predicted octanol–water partition coefficient (Wildman–Crippen LogP) is 4.48. The summed E-state index contributed by atoms with van der Waals surface area (Å²) in [4.78, 5) is 16.8. The number of anilines is 1. The van der Waals surface area contributed by atoms with E-state index in [0.717, 1.165) is 0 Å². The maximum Gasteiger partial charge on any atom is 0.275 e. The third-order valence-corrected chi connectivity index (χ3v) is 4.96. The topological polar surface area (TPSA) is 69.0 Å². The summed E-state index contributed by atoms with van der Waals surface area (Å²) in [7, 11) is 0. The number of hydrogen-bond acceptors (Lipinski definition) is 5. The molecule has 0 saturated carbocycles. The zero-order chi connectivity index (χ0) is 20.1. The molecule has 0 bridgehead atoms. The summed E-state index contributed by atoms with van der Waals surface area (Å²) in [5.41, 5.74) is 1.20. The van der Waals surface area contributed by atoms with Crippen molar-refractivity contribution in [2.24, 2.45) is 0 Å². The third kappa shape index (κ3) is 4.67. The Labute approximate surface area is 170 Å². The lowest BCUT2D eigenvalue weighted by Gasteiger charge is -2.09. The van der Waals surface area contributed by atoms with Gasteiger partial charge in [-0.05, 0) is 30.3 Å². The minimum Gasteiger partial charge on any atom is -0.492 e. The quantitative estimate of drug-likeness (QED) is 0.490. The van der Waals surface area contributed by atoms with Crippen LogP contribution in [0.4, 0.5) is 10.1 Å². The first-order valence-electron chi connectivity index (χ1n) is 8.91. The lowest BCUT2D eigenvalue weighted by atomic mass is 10.2. The Hall–Kier alpha value is -3.52. The molecule has 2 heterocycles. The molecule has 8 heteroatoms. The molecule has 0 aliphatic rings. The first-order valence-corrected chi connectivity index (χ1v) is 9.79. The molecule has 0 unspecified atom stereocenters. The first-order chi connectivity index (χ1) is 14.2. The maximum absolute atomic E-state index is 13.9. The van der Waals surface area contributed by atoms with E-state index < -0.39 is 0 Å². The smallest absolute Gasteiger partial charge is 0.275 e. The van der Waals surface area contributed by atoms with E-state index in [1.54, 1.807) is 52.7 Å². The Kier molecular flexibility index (Phi) is 5.62. The van der Waals surface area contributed by atoms with Crippen molar-refractivity contribution in [3.05, 3.63) is 83.9 Å². The van der Waals surface area contributed by atoms with Gasteiger partial charge in [-0.3, -0.25) is 9.48 Å². The zero-order valence-electron chi connectivity index (χ0n) is 15.3. The second-order valence-corrected chi connectivity index (χ2v) is 6.98. The minimum atomic E-state index is -0.367. The van der Waals surface area contributed by atoms with Crippen molar-refractivity contribution in [3.63, 3.8) is 0 Å². The average molecular weight is 408 g/mol. The summed E-state index contributed by atoms with van der Waals surface area (Å²) in [6, 6.07) is 15.3. The Bertz CT molecular complexity index is 1110. The number of aromatic nitrogens is 3. The van der Waals surface area contributed by atoms with Gasteiger partial charge < -0.3 is 10.1 Å². The predicted molar refractivity (Wildman–Crippen MR) is 110 cm³/mol. The van der Waals surface area contributed by atoms with Crippen LogP contribution in [-0.4, -0.2) is 27.3 Å². The van der Waals surface area contributed by atoms with Crippen molar-refractivity contribution in [2.75, 3.05) is 11.9 Å². The van der Waals surface area contributed by atoms with Crippen LogP contribution in [0.15, 0.2) is 72.4 Å². The summed E-state index contributed by atoms with van der Waals surface area (Å²) >= 11 is 1.22. The Balaban J connectivity index is 1.39. The van der Waals surface area contributed by atoms with E-state index >= 15 is 0 Å². The van der Waals surface area contributed by atoms with Gasteiger partial charge in [0, 0.05) is 35.1 Å². The molecule has 2 aromatic heterocycles. The van der Waals surface area contributed by atoms with Crippen LogP contribution >= 0.6 is 11.3 Å². The van der Waals surface area contributed by atoms with Gasteiger partial charge in [-0.15, -0.1) is 11.3 Å². The molecule has 0 radical (unpaired) electrons. The average Bonchev–Trinajstić information content (AvgIpc) is 3.41. The number of hydrogen-bond donors (Lipinski definition) is 1. The normalized spacial score (nSPS) is 10.7. The lowest BCUT2D eigenvalue weighted by Crippen LogP contribution is -2.12. The number of benzene rings is 2. The molecule has 4 rings (SSSR count). The number of carbonyl (C=O) groups is 1. The Morgan fingerprint density at radius 2 is 2.07 bits per heavy atom. The molecule has 0 spiro atoms. The Morgan fingerprint density at radius 1 is 1.17 bits per heavy atom. The number of ether oxygens (including phenoxy) is 1. The van der Waals surface area contributed by atoms with Gasteiger partial charge in [-0.2, -0.15) is 5.10 Å². The largest absolute Gasteiger partial charge is 0.492 e. The van der Waals surface area contributed by atoms with E-state index in [1.807, 2.05) is 18.3 Å². The van der Waals surface area contributed by atoms with Gasteiger partial charge in [0.05, 0.1) is 6.54 Å². The second-order valence-electron chi connectivity index (χ2n) is 6.12. The summed E-state index contributed by atoms with van der Waals surface area (Å²) in [6.07, 6.45) is 3.58. The van der Waals surface area contributed by atoms with Crippen molar-refractivity contribution in [2.45, 2.75) is 6.54 Å². The number of amides is 1. The molecule has 2 aromatic carbocycles. The van der Waals surface area contributed by atoms with E-state index in [4.69, 9.17) is 4.74 Å². The van der Waals surface area contributed by atoms with Gasteiger partial charge in [0.15, 0.2) is 0 Å². The molecule has 6 nitrogen and oxygen atoms in total. The molecule has 0 atom stereocenters. The van der Waals surface area contributed by atoms with Crippen LogP contribution in [0.3, 0.4) is 0 Å². The highest BCUT2D eigenvalue weighted by Crippen LogP contribution is 2.26. The number of thiazole rings is 1. The van der Waals surface area contributed by atoms with Crippen LogP contribution in [0.5, 0.6) is 5.75 Å². The highest BCUT2D eigenvalue weighted by molar-refractivity contribution is 7.13. The van der Waals surface area contributed by atoms with Gasteiger partial charge in [0.2, 0.25) is 0 Å². The summed E-state index contributed by atoms with van der Waals surface area (Å²) in [5.74, 6) is -0.0911. The number of rotatable bonds is 7. The van der Waals surface area contributed by atoms with Gasteiger partial charge in [0.1, 0.15) is 28.9 Å². The van der Waals surface area contributed by atoms with Crippen LogP contribution in [-0.2, 0) is 6.54 Å². The molecule has 0 aliphatic heterocycles. The van der Waals surface area contributed by atoms with Crippen molar-refractivity contribution < 1.29 is 13.9 Å². The SMILES string of the molecule is O=C(Nc1cccc(OCCn2cccn2)c1)c1csc(-c2ccccc2F)n1. The summed E-state index contributed by atoms with van der Waals surface area (Å²) in [5, 5.41) is 8.99. The molecular weight excluding hydrogens is 391 g/mol. The number of nitrogens with zero attached hydrogens (tertiary/aromatic N) is 3. The van der Waals surface area contributed by atoms with Crippen molar-refractivity contribution in [1.82, 2.24) is 14.8 Å². The van der Waals surface area contributed by atoms with Gasteiger partial charge >= 0.3 is 0 Å². The van der Waals surface area contributed by atoms with E-state index in [0.29, 0.717) is 35.2 Å². The first kappa shape index (κ1) is 18.8. The van der Waals surface area contributed by atoms with Crippen LogP contribution in [0, 0.1) is 5.82 Å². The summed E-state index contributed by atoms with van der Waals surface area (Å²) in [6.45, 7) is 1.08. The molecule has 0 aliphatic carbocycles. The highest BCUT2D eigenvalue weighted by atomic mass is 32.1. The molecule has 1 N–H and O–H groups in total. The minimum absolute atomic E-state index is 0.234. The van der Waals surface area contributed by atoms with Gasteiger partial charge in [-0.25, -0.2) is 9.37 Å². The van der Waals surface area contributed by atoms with E-state index in [2.05, 4.69) is 15.4 Å². The molecule has 0 saturated heterocycles. The molecule has 0 fully saturated rings. The molecular formula is C21H17FN4O2S. The molecule has 1 amide bonds. The van der Waals surface area contributed by atoms with E-state index in [-0.39, 0.29) is 17.4 Å². The maximum atomic E-state index is 13.9. The van der Waals surface area contributed by atoms with Gasteiger partial charge in [0.25, 0.3) is 5.91 Å². The second kappa shape index (κ2) is 8.66. The van der Waals surface area contributed by atoms with Crippen molar-refractivity contribution in [1.29, 1.82) is 0 Å². The highest BCUT2D eigenvalue weighted by Gasteiger charge is 2.14. The van der Waals surface area contributed by atoms with E-state index in [9.17, 15) is 9.18 Å². The van der Waals surface area contributed by atoms with Crippen LogP contribution < -0.4 is 10.1 Å². The number of halogens is 1. The van der Waals surface area contributed by atoms with Crippen LogP contribution in [0.2, 0.25) is 0 Å². The molecule has 29 heavy (non-hydrogen) atoms. The standard InChI is InChI=1S/C21H17FN4O2S/c22-18-8-2-1-7-17(18)21-25-19(14-29-21)20(27)24-15-5-3-6-16(13-15)28-12-11-26-10-4-9-23-26/h1-10,13-14H,11-12H2,(H,24,27). The fraction of sp³-hybridized carbons (Fsp3) is 0.0952. The number of nitrogens with one attached hydrogen (secondary N) is 1. The zero-order valence-corrected chi connectivity index (χ0v) is 16.1. The lowest BCUT2D eigenvalue weighted by molar-refractivity contribution is 0.102. The van der Waals surface area contributed by atoms with Crippen molar-refractivity contribution in [3.8, 4) is 16.3 Å². The third-order valence-electron chi connectivity index (χ3n) is 4.08. The molecule has 4 aromatic rings. The Morgan fingerprint density at radius 3 is 2.90 bits per heavy atom. The fourth-order valence-electron chi connectivity index (χ4n) is 2.68. The fourth-order valence-corrected chi connectivity index (χ4v) is 3.51. The van der Waals surface area contributed by atoms with Crippen LogP contribution in [0.25, 0.3) is 10.6 Å².